The lowest BCUT2D eigenvalue weighted by atomic mass is 10.1. The van der Waals surface area contributed by atoms with Crippen molar-refractivity contribution in [3.05, 3.63) is 75.2 Å². The highest BCUT2D eigenvalue weighted by Crippen LogP contribution is 2.34. The Balaban J connectivity index is 1.97. The summed E-state index contributed by atoms with van der Waals surface area (Å²) in [4.78, 5) is 12.9. The molecule has 0 aliphatic rings. The number of phenolic OH excluding ortho intramolecular Hbond substituents is 1. The zero-order valence-electron chi connectivity index (χ0n) is 15.8. The Bertz CT molecular complexity index is 1240. The molecule has 0 saturated carbocycles. The van der Waals surface area contributed by atoms with E-state index in [2.05, 4.69) is 10.0 Å². The van der Waals surface area contributed by atoms with Crippen LogP contribution in [-0.2, 0) is 10.0 Å². The number of sulfonamides is 1. The van der Waals surface area contributed by atoms with Crippen LogP contribution in [0.15, 0.2) is 54.6 Å². The zero-order valence-corrected chi connectivity index (χ0v) is 18.9. The van der Waals surface area contributed by atoms with Crippen LogP contribution < -0.4 is 14.8 Å². The molecule has 3 N–H and O–H groups in total. The fraction of sp³-hybridized carbons (Fsp3) is 0.0500. The van der Waals surface area contributed by atoms with Crippen LogP contribution in [0.3, 0.4) is 0 Å². The Morgan fingerprint density at radius 1 is 0.968 bits per heavy atom. The van der Waals surface area contributed by atoms with Crippen LogP contribution in [-0.4, -0.2) is 25.7 Å². The Morgan fingerprint density at radius 2 is 1.61 bits per heavy atom. The van der Waals surface area contributed by atoms with Gasteiger partial charge in [0.05, 0.1) is 32.6 Å². The van der Waals surface area contributed by atoms with Gasteiger partial charge < -0.3 is 15.2 Å². The van der Waals surface area contributed by atoms with Crippen molar-refractivity contribution in [3.63, 3.8) is 0 Å². The summed E-state index contributed by atoms with van der Waals surface area (Å²) < 4.78 is 31.4. The highest BCUT2D eigenvalue weighted by molar-refractivity contribution is 7.92. The molecule has 0 aromatic heterocycles. The molecule has 7 nitrogen and oxygen atoms in total. The van der Waals surface area contributed by atoms with Gasteiger partial charge in [0.1, 0.15) is 17.2 Å². The van der Waals surface area contributed by atoms with Crippen molar-refractivity contribution in [1.29, 1.82) is 0 Å². The smallest absolute Gasteiger partial charge is 0.257 e. The van der Waals surface area contributed by atoms with Gasteiger partial charge in [-0.3, -0.25) is 9.52 Å². The quantitative estimate of drug-likeness (QED) is 0.372. The van der Waals surface area contributed by atoms with Crippen molar-refractivity contribution in [3.8, 4) is 17.2 Å². The molecule has 1 amide bonds. The molecule has 0 aliphatic heterocycles. The molecule has 3 aromatic carbocycles. The summed E-state index contributed by atoms with van der Waals surface area (Å²) in [6, 6.07) is 13.1. The minimum Gasteiger partial charge on any atom is -0.508 e. The predicted molar refractivity (Wildman–Crippen MR) is 123 cm³/mol. The second kappa shape index (κ2) is 9.23. The second-order valence-corrected chi connectivity index (χ2v) is 9.33. The lowest BCUT2D eigenvalue weighted by Crippen LogP contribution is -2.17. The Labute approximate surface area is 193 Å². The molecule has 3 aromatic rings. The molecule has 31 heavy (non-hydrogen) atoms. The fourth-order valence-corrected chi connectivity index (χ4v) is 3.75. The van der Waals surface area contributed by atoms with Crippen LogP contribution in [0.4, 0.5) is 11.4 Å². The zero-order chi connectivity index (χ0) is 22.8. The topological polar surface area (TPSA) is 105 Å². The number of carbonyl (C=O) groups excluding carboxylic acids is 1. The van der Waals surface area contributed by atoms with Crippen LogP contribution >= 0.6 is 34.8 Å². The SMILES string of the molecule is CS(=O)(=O)Nc1ccc(Oc2cccc(O)c2)cc1C(=O)Nc1cc(Cl)c(Cl)c(Cl)c1. The van der Waals surface area contributed by atoms with E-state index in [9.17, 15) is 18.3 Å². The first kappa shape index (κ1) is 23.0. The van der Waals surface area contributed by atoms with Crippen molar-refractivity contribution >= 4 is 62.1 Å². The number of ether oxygens (including phenoxy) is 1. The third kappa shape index (κ3) is 6.18. The third-order valence-corrected chi connectivity index (χ3v) is 5.61. The molecule has 11 heteroatoms. The molecule has 0 aliphatic carbocycles. The van der Waals surface area contributed by atoms with Crippen molar-refractivity contribution in [2.45, 2.75) is 0 Å². The first-order valence-electron chi connectivity index (χ1n) is 8.56. The minimum absolute atomic E-state index is 0.00215. The summed E-state index contributed by atoms with van der Waals surface area (Å²) in [5.41, 5.74) is 0.272. The number of benzene rings is 3. The van der Waals surface area contributed by atoms with Crippen LogP contribution in [0.25, 0.3) is 0 Å². The van der Waals surface area contributed by atoms with Gasteiger partial charge in [-0.25, -0.2) is 8.42 Å². The van der Waals surface area contributed by atoms with Crippen LogP contribution in [0.2, 0.25) is 15.1 Å². The summed E-state index contributed by atoms with van der Waals surface area (Å²) in [5.74, 6) is -0.0855. The van der Waals surface area contributed by atoms with Gasteiger partial charge in [0, 0.05) is 11.8 Å². The number of hydrogen-bond acceptors (Lipinski definition) is 5. The van der Waals surface area contributed by atoms with Crippen molar-refractivity contribution in [2.24, 2.45) is 0 Å². The standard InChI is InChI=1S/C20H15Cl3N2O5S/c1-31(28,29)25-18-6-5-14(30-13-4-2-3-12(26)9-13)10-15(18)20(27)24-11-7-16(21)19(23)17(22)8-11/h2-10,25-26H,1H3,(H,24,27). The van der Waals surface area contributed by atoms with Gasteiger partial charge in [0.25, 0.3) is 5.91 Å². The van der Waals surface area contributed by atoms with Gasteiger partial charge >= 0.3 is 0 Å². The van der Waals surface area contributed by atoms with E-state index in [-0.39, 0.29) is 43.5 Å². The second-order valence-electron chi connectivity index (χ2n) is 6.39. The van der Waals surface area contributed by atoms with E-state index >= 15 is 0 Å². The summed E-state index contributed by atoms with van der Waals surface area (Å²) in [6.45, 7) is 0. The number of halogens is 3. The number of amides is 1. The van der Waals surface area contributed by atoms with E-state index in [1.54, 1.807) is 12.1 Å². The molecule has 0 bridgehead atoms. The molecule has 0 fully saturated rings. The summed E-state index contributed by atoms with van der Waals surface area (Å²) >= 11 is 17.9. The molecular weight excluding hydrogens is 487 g/mol. The van der Waals surface area contributed by atoms with E-state index in [0.29, 0.717) is 5.75 Å². The summed E-state index contributed by atoms with van der Waals surface area (Å²) in [6.07, 6.45) is 0.963. The summed E-state index contributed by atoms with van der Waals surface area (Å²) in [7, 11) is -3.67. The number of phenols is 1. The van der Waals surface area contributed by atoms with Gasteiger partial charge in [-0.2, -0.15) is 0 Å². The normalized spacial score (nSPS) is 11.1. The third-order valence-electron chi connectivity index (χ3n) is 3.83. The molecule has 0 atom stereocenters. The van der Waals surface area contributed by atoms with Crippen LogP contribution in [0.1, 0.15) is 10.4 Å². The Kier molecular flexibility index (Phi) is 6.86. The summed E-state index contributed by atoms with van der Waals surface area (Å²) in [5, 5.41) is 12.6. The lowest BCUT2D eigenvalue weighted by molar-refractivity contribution is 0.102. The lowest BCUT2D eigenvalue weighted by Gasteiger charge is -2.14. The molecule has 0 saturated heterocycles. The molecule has 0 unspecified atom stereocenters. The maximum absolute atomic E-state index is 12.9. The molecular formula is C20H15Cl3N2O5S. The molecule has 162 valence electrons. The number of nitrogens with one attached hydrogen (secondary N) is 2. The number of rotatable bonds is 6. The van der Waals surface area contributed by atoms with Crippen molar-refractivity contribution < 1.29 is 23.1 Å². The van der Waals surface area contributed by atoms with Gasteiger partial charge in [-0.05, 0) is 42.5 Å². The number of aromatic hydroxyl groups is 1. The van der Waals surface area contributed by atoms with Crippen molar-refractivity contribution in [1.82, 2.24) is 0 Å². The predicted octanol–water partition coefficient (Wildman–Crippen LogP) is 5.77. The van der Waals surface area contributed by atoms with E-state index in [1.165, 1.54) is 42.5 Å². The highest BCUT2D eigenvalue weighted by atomic mass is 35.5. The Hall–Kier alpha value is -2.65. The van der Waals surface area contributed by atoms with Crippen LogP contribution in [0, 0.1) is 0 Å². The van der Waals surface area contributed by atoms with E-state index in [4.69, 9.17) is 39.5 Å². The van der Waals surface area contributed by atoms with Gasteiger partial charge in [-0.15, -0.1) is 0 Å². The van der Waals surface area contributed by atoms with E-state index < -0.39 is 15.9 Å². The molecule has 0 heterocycles. The first-order chi connectivity index (χ1) is 14.5. The largest absolute Gasteiger partial charge is 0.508 e. The first-order valence-corrected chi connectivity index (χ1v) is 11.6. The number of anilines is 2. The van der Waals surface area contributed by atoms with Crippen LogP contribution in [0.5, 0.6) is 17.2 Å². The van der Waals surface area contributed by atoms with Gasteiger partial charge in [0.2, 0.25) is 10.0 Å². The number of carbonyl (C=O) groups is 1. The van der Waals surface area contributed by atoms with Crippen molar-refractivity contribution in [2.75, 3.05) is 16.3 Å². The van der Waals surface area contributed by atoms with Gasteiger partial charge in [0.15, 0.2) is 0 Å². The van der Waals surface area contributed by atoms with Gasteiger partial charge in [-0.1, -0.05) is 40.9 Å². The molecule has 3 rings (SSSR count). The fourth-order valence-electron chi connectivity index (χ4n) is 2.57. The molecule has 0 spiro atoms. The van der Waals surface area contributed by atoms with E-state index in [1.807, 2.05) is 0 Å². The maximum atomic E-state index is 12.9. The highest BCUT2D eigenvalue weighted by Gasteiger charge is 2.17. The Morgan fingerprint density at radius 3 is 2.23 bits per heavy atom. The average molecular weight is 502 g/mol. The monoisotopic (exact) mass is 500 g/mol. The average Bonchev–Trinajstić information content (AvgIpc) is 2.66. The minimum atomic E-state index is -3.67. The van der Waals surface area contributed by atoms with E-state index in [0.717, 1.165) is 6.26 Å². The maximum Gasteiger partial charge on any atom is 0.257 e. The molecule has 0 radical (unpaired) electrons. The number of hydrogen-bond donors (Lipinski definition) is 3.